The zero-order chi connectivity index (χ0) is 22.3. The lowest BCUT2D eigenvalue weighted by Gasteiger charge is -2.08. The van der Waals surface area contributed by atoms with Crippen molar-refractivity contribution in [2.75, 3.05) is 5.32 Å². The Balaban J connectivity index is 1.35. The number of para-hydroxylation sites is 1. The Morgan fingerprint density at radius 3 is 2.72 bits per heavy atom. The lowest BCUT2D eigenvalue weighted by molar-refractivity contribution is 0.0992. The number of hydrogen-bond donors (Lipinski definition) is 1. The molecule has 4 aromatic rings. The van der Waals surface area contributed by atoms with Gasteiger partial charge in [-0.1, -0.05) is 54.1 Å². The van der Waals surface area contributed by atoms with Crippen molar-refractivity contribution in [3.05, 3.63) is 113 Å². The Labute approximate surface area is 191 Å². The number of nitrogens with zero attached hydrogens (tertiary/aromatic N) is 2. The Hall–Kier alpha value is -3.77. The van der Waals surface area contributed by atoms with Crippen molar-refractivity contribution in [2.45, 2.75) is 19.6 Å². The van der Waals surface area contributed by atoms with Gasteiger partial charge < -0.3 is 14.5 Å². The standard InChI is InChI=1S/C25H22ClN3O3/c1-2-7-18-8-4-6-11-23(18)31-17-21-12-13-24(32-21)25(30)28-20-14-27-29(16-20)15-19-9-3-5-10-22(19)26/h2-6,8-14,16H,1,7,15,17H2,(H,28,30). The second kappa shape index (κ2) is 10.0. The first-order valence-corrected chi connectivity index (χ1v) is 10.5. The van der Waals surface area contributed by atoms with Crippen LogP contribution in [-0.4, -0.2) is 15.7 Å². The van der Waals surface area contributed by atoms with Gasteiger partial charge in [0.2, 0.25) is 0 Å². The summed E-state index contributed by atoms with van der Waals surface area (Å²) in [5, 5.41) is 7.74. The molecule has 6 nitrogen and oxygen atoms in total. The second-order valence-electron chi connectivity index (χ2n) is 7.13. The third-order valence-electron chi connectivity index (χ3n) is 4.77. The molecule has 0 saturated carbocycles. The Morgan fingerprint density at radius 1 is 1.12 bits per heavy atom. The van der Waals surface area contributed by atoms with Gasteiger partial charge in [0, 0.05) is 11.2 Å². The zero-order valence-corrected chi connectivity index (χ0v) is 18.1. The molecule has 2 aromatic heterocycles. The molecule has 1 N–H and O–H groups in total. The van der Waals surface area contributed by atoms with Gasteiger partial charge in [-0.2, -0.15) is 5.10 Å². The quantitative estimate of drug-likeness (QED) is 0.332. The first kappa shape index (κ1) is 21.5. The highest BCUT2D eigenvalue weighted by Crippen LogP contribution is 2.21. The van der Waals surface area contributed by atoms with Crippen LogP contribution in [0.25, 0.3) is 0 Å². The predicted octanol–water partition coefficient (Wildman–Crippen LogP) is 5.74. The lowest BCUT2D eigenvalue weighted by atomic mass is 10.1. The largest absolute Gasteiger partial charge is 0.485 e. The summed E-state index contributed by atoms with van der Waals surface area (Å²) in [6.45, 7) is 4.49. The number of carbonyl (C=O) groups is 1. The molecule has 7 heteroatoms. The SMILES string of the molecule is C=CCc1ccccc1OCc1ccc(C(=O)Nc2cnn(Cc3ccccc3Cl)c2)o1. The van der Waals surface area contributed by atoms with Crippen LogP contribution in [0, 0.1) is 0 Å². The van der Waals surface area contributed by atoms with Crippen LogP contribution in [0.3, 0.4) is 0 Å². The molecule has 0 saturated heterocycles. The molecule has 2 aromatic carbocycles. The number of benzene rings is 2. The highest BCUT2D eigenvalue weighted by Gasteiger charge is 2.14. The van der Waals surface area contributed by atoms with Crippen molar-refractivity contribution in [1.82, 2.24) is 9.78 Å². The molecular formula is C25H22ClN3O3. The maximum absolute atomic E-state index is 12.5. The fourth-order valence-electron chi connectivity index (χ4n) is 3.20. The van der Waals surface area contributed by atoms with Crippen LogP contribution >= 0.6 is 11.6 Å². The number of furan rings is 1. The molecule has 0 fully saturated rings. The lowest BCUT2D eigenvalue weighted by Crippen LogP contribution is -2.10. The molecule has 0 unspecified atom stereocenters. The molecule has 1 amide bonds. The smallest absolute Gasteiger partial charge is 0.291 e. The van der Waals surface area contributed by atoms with Gasteiger partial charge in [0.25, 0.3) is 5.91 Å². The number of rotatable bonds is 9. The van der Waals surface area contributed by atoms with Crippen LogP contribution in [0.2, 0.25) is 5.02 Å². The van der Waals surface area contributed by atoms with Crippen LogP contribution in [0.5, 0.6) is 5.75 Å². The summed E-state index contributed by atoms with van der Waals surface area (Å²) in [6.07, 6.45) is 5.86. The molecule has 32 heavy (non-hydrogen) atoms. The minimum atomic E-state index is -0.361. The average molecular weight is 448 g/mol. The maximum atomic E-state index is 12.5. The molecule has 0 spiro atoms. The molecule has 0 atom stereocenters. The number of carbonyl (C=O) groups excluding carboxylic acids is 1. The van der Waals surface area contributed by atoms with E-state index in [1.807, 2.05) is 54.6 Å². The molecule has 0 aliphatic rings. The summed E-state index contributed by atoms with van der Waals surface area (Å²) in [7, 11) is 0. The van der Waals surface area contributed by atoms with E-state index in [0.29, 0.717) is 29.4 Å². The molecule has 0 radical (unpaired) electrons. The summed E-state index contributed by atoms with van der Waals surface area (Å²) >= 11 is 6.20. The van der Waals surface area contributed by atoms with E-state index in [-0.39, 0.29) is 18.3 Å². The number of nitrogens with one attached hydrogen (secondary N) is 1. The minimum absolute atomic E-state index is 0.196. The Morgan fingerprint density at radius 2 is 1.91 bits per heavy atom. The number of aromatic nitrogens is 2. The van der Waals surface area contributed by atoms with Gasteiger partial charge in [-0.3, -0.25) is 9.48 Å². The van der Waals surface area contributed by atoms with E-state index in [4.69, 9.17) is 20.8 Å². The first-order chi connectivity index (χ1) is 15.6. The molecule has 0 aliphatic heterocycles. The van der Waals surface area contributed by atoms with Crippen LogP contribution in [-0.2, 0) is 19.6 Å². The number of anilines is 1. The van der Waals surface area contributed by atoms with E-state index in [0.717, 1.165) is 16.9 Å². The molecule has 0 aliphatic carbocycles. The van der Waals surface area contributed by atoms with Gasteiger partial charge in [-0.05, 0) is 41.8 Å². The maximum Gasteiger partial charge on any atom is 0.291 e. The summed E-state index contributed by atoms with van der Waals surface area (Å²) in [5.74, 6) is 1.15. The van der Waals surface area contributed by atoms with Gasteiger partial charge >= 0.3 is 0 Å². The highest BCUT2D eigenvalue weighted by atomic mass is 35.5. The monoisotopic (exact) mass is 447 g/mol. The summed E-state index contributed by atoms with van der Waals surface area (Å²) < 4.78 is 13.2. The van der Waals surface area contributed by atoms with Gasteiger partial charge in [0.05, 0.1) is 18.4 Å². The van der Waals surface area contributed by atoms with Crippen LogP contribution in [0.4, 0.5) is 5.69 Å². The normalized spacial score (nSPS) is 10.7. The predicted molar refractivity (Wildman–Crippen MR) is 124 cm³/mol. The third kappa shape index (κ3) is 5.28. The molecule has 162 valence electrons. The van der Waals surface area contributed by atoms with Gasteiger partial charge in [-0.25, -0.2) is 0 Å². The summed E-state index contributed by atoms with van der Waals surface area (Å²) in [5.41, 5.74) is 2.55. The topological polar surface area (TPSA) is 69.3 Å². The average Bonchev–Trinajstić information content (AvgIpc) is 3.45. The van der Waals surface area contributed by atoms with Crippen molar-refractivity contribution < 1.29 is 13.9 Å². The van der Waals surface area contributed by atoms with Crippen molar-refractivity contribution in [1.29, 1.82) is 0 Å². The van der Waals surface area contributed by atoms with Crippen LogP contribution < -0.4 is 10.1 Å². The van der Waals surface area contributed by atoms with Gasteiger partial charge in [-0.15, -0.1) is 6.58 Å². The van der Waals surface area contributed by atoms with E-state index < -0.39 is 0 Å². The van der Waals surface area contributed by atoms with Gasteiger partial charge in [0.15, 0.2) is 5.76 Å². The van der Waals surface area contributed by atoms with Crippen molar-refractivity contribution in [2.24, 2.45) is 0 Å². The molecule has 0 bridgehead atoms. The van der Waals surface area contributed by atoms with Gasteiger partial charge in [0.1, 0.15) is 18.1 Å². The van der Waals surface area contributed by atoms with Crippen molar-refractivity contribution >= 4 is 23.2 Å². The number of hydrogen-bond acceptors (Lipinski definition) is 4. The number of amides is 1. The van der Waals surface area contributed by atoms with E-state index in [1.54, 1.807) is 29.2 Å². The van der Waals surface area contributed by atoms with Crippen molar-refractivity contribution in [3.63, 3.8) is 0 Å². The zero-order valence-electron chi connectivity index (χ0n) is 17.3. The number of halogens is 1. The van der Waals surface area contributed by atoms with Crippen LogP contribution in [0.15, 0.2) is 90.1 Å². The number of ether oxygens (including phenoxy) is 1. The molecule has 4 rings (SSSR count). The highest BCUT2D eigenvalue weighted by molar-refractivity contribution is 6.31. The molecular weight excluding hydrogens is 426 g/mol. The minimum Gasteiger partial charge on any atom is -0.485 e. The third-order valence-corrected chi connectivity index (χ3v) is 5.14. The van der Waals surface area contributed by atoms with E-state index >= 15 is 0 Å². The fourth-order valence-corrected chi connectivity index (χ4v) is 3.40. The Bertz CT molecular complexity index is 1230. The van der Waals surface area contributed by atoms with Crippen LogP contribution in [0.1, 0.15) is 27.4 Å². The first-order valence-electron chi connectivity index (χ1n) is 10.1. The van der Waals surface area contributed by atoms with E-state index in [2.05, 4.69) is 17.0 Å². The summed E-state index contributed by atoms with van der Waals surface area (Å²) in [4.78, 5) is 12.5. The van der Waals surface area contributed by atoms with E-state index in [9.17, 15) is 4.79 Å². The fraction of sp³-hybridized carbons (Fsp3) is 0.120. The number of allylic oxidation sites excluding steroid dienone is 1. The van der Waals surface area contributed by atoms with E-state index in [1.165, 1.54) is 0 Å². The van der Waals surface area contributed by atoms with Crippen molar-refractivity contribution in [3.8, 4) is 5.75 Å². The summed E-state index contributed by atoms with van der Waals surface area (Å²) in [6, 6.07) is 18.7. The molecule has 2 heterocycles. The Kier molecular flexibility index (Phi) is 6.72. The second-order valence-corrected chi connectivity index (χ2v) is 7.53.